The molecule has 0 radical (unpaired) electrons. The molecule has 0 saturated heterocycles. The van der Waals surface area contributed by atoms with Gasteiger partial charge in [-0.15, -0.1) is 0 Å². The van der Waals surface area contributed by atoms with Crippen LogP contribution in [0.2, 0.25) is 0 Å². The lowest BCUT2D eigenvalue weighted by Crippen LogP contribution is -2.22. The minimum Gasteiger partial charge on any atom is -0.306 e. The molecule has 19 heavy (non-hydrogen) atoms. The molecule has 0 aliphatic rings. The maximum absolute atomic E-state index is 13.4. The molecule has 0 saturated carbocycles. The van der Waals surface area contributed by atoms with Gasteiger partial charge in [-0.3, -0.25) is 0 Å². The summed E-state index contributed by atoms with van der Waals surface area (Å²) in [6.45, 7) is 2.66. The Bertz CT molecular complexity index is 572. The molecule has 2 aromatic carbocycles. The summed E-state index contributed by atoms with van der Waals surface area (Å²) in [4.78, 5) is 0. The van der Waals surface area contributed by atoms with E-state index < -0.39 is 0 Å². The van der Waals surface area contributed by atoms with Gasteiger partial charge in [0.25, 0.3) is 0 Å². The fraction of sp³-hybridized carbons (Fsp3) is 0.200. The van der Waals surface area contributed by atoms with E-state index in [0.29, 0.717) is 6.54 Å². The van der Waals surface area contributed by atoms with Gasteiger partial charge in [0.05, 0.1) is 6.04 Å². The molecule has 0 heterocycles. The normalized spacial score (nSPS) is 12.4. The van der Waals surface area contributed by atoms with Gasteiger partial charge in [-0.2, -0.15) is 0 Å². The van der Waals surface area contributed by atoms with E-state index in [2.05, 4.69) is 21.2 Å². The predicted molar refractivity (Wildman–Crippen MR) is 76.0 cm³/mol. The predicted octanol–water partition coefficient (Wildman–Crippen LogP) is 4.43. The molecule has 0 aromatic heterocycles. The van der Waals surface area contributed by atoms with Crippen LogP contribution in [0.3, 0.4) is 0 Å². The summed E-state index contributed by atoms with van der Waals surface area (Å²) in [7, 11) is 0. The number of rotatable bonds is 4. The second kappa shape index (κ2) is 6.26. The summed E-state index contributed by atoms with van der Waals surface area (Å²) in [5.41, 5.74) is 1.53. The summed E-state index contributed by atoms with van der Waals surface area (Å²) in [5.74, 6) is -0.606. The van der Waals surface area contributed by atoms with Gasteiger partial charge >= 0.3 is 0 Å². The molecule has 1 unspecified atom stereocenters. The topological polar surface area (TPSA) is 12.0 Å². The summed E-state index contributed by atoms with van der Waals surface area (Å²) in [5, 5.41) is 3.25. The van der Waals surface area contributed by atoms with Crippen LogP contribution in [-0.2, 0) is 0 Å². The van der Waals surface area contributed by atoms with Crippen molar-refractivity contribution in [1.29, 1.82) is 0 Å². The number of benzene rings is 2. The largest absolute Gasteiger partial charge is 0.306 e. The molecule has 100 valence electrons. The van der Waals surface area contributed by atoms with Crippen molar-refractivity contribution in [3.05, 3.63) is 69.7 Å². The maximum Gasteiger partial charge on any atom is 0.123 e. The third-order valence-electron chi connectivity index (χ3n) is 2.86. The van der Waals surface area contributed by atoms with E-state index >= 15 is 0 Å². The van der Waals surface area contributed by atoms with Crippen LogP contribution in [0.4, 0.5) is 8.78 Å². The number of halogens is 3. The second-order valence-corrected chi connectivity index (χ2v) is 5.07. The number of hydrogen-bond acceptors (Lipinski definition) is 1. The SMILES string of the molecule is CCNC(c1cccc(F)c1)c1cc(F)ccc1Br. The maximum atomic E-state index is 13.4. The smallest absolute Gasteiger partial charge is 0.123 e. The molecule has 0 bridgehead atoms. The Morgan fingerprint density at radius 3 is 2.53 bits per heavy atom. The van der Waals surface area contributed by atoms with Crippen LogP contribution in [0, 0.1) is 11.6 Å². The van der Waals surface area contributed by atoms with E-state index in [-0.39, 0.29) is 17.7 Å². The first-order valence-corrected chi connectivity index (χ1v) is 6.85. The monoisotopic (exact) mass is 325 g/mol. The fourth-order valence-electron chi connectivity index (χ4n) is 2.03. The molecule has 1 atom stereocenters. The van der Waals surface area contributed by atoms with Gasteiger partial charge in [0.15, 0.2) is 0 Å². The summed E-state index contributed by atoms with van der Waals surface area (Å²) < 4.78 is 27.6. The van der Waals surface area contributed by atoms with E-state index in [1.54, 1.807) is 12.1 Å². The molecule has 2 rings (SSSR count). The van der Waals surface area contributed by atoms with Crippen molar-refractivity contribution in [2.75, 3.05) is 6.54 Å². The summed E-state index contributed by atoms with van der Waals surface area (Å²) in [6.07, 6.45) is 0. The minimum absolute atomic E-state index is 0.245. The zero-order valence-corrected chi connectivity index (χ0v) is 12.0. The Hall–Kier alpha value is -1.26. The summed E-state index contributed by atoms with van der Waals surface area (Å²) in [6, 6.07) is 10.6. The highest BCUT2D eigenvalue weighted by Gasteiger charge is 2.17. The number of nitrogens with one attached hydrogen (secondary N) is 1. The average Bonchev–Trinajstić information content (AvgIpc) is 2.39. The van der Waals surface area contributed by atoms with Gasteiger partial charge in [0.2, 0.25) is 0 Å². The van der Waals surface area contributed by atoms with Gasteiger partial charge in [-0.1, -0.05) is 35.0 Å². The standard InChI is InChI=1S/C15H14BrF2N/c1-2-19-15(10-4-3-5-11(17)8-10)13-9-12(18)6-7-14(13)16/h3-9,15,19H,2H2,1H3. The van der Waals surface area contributed by atoms with Crippen LogP contribution in [0.15, 0.2) is 46.9 Å². The zero-order valence-electron chi connectivity index (χ0n) is 10.5. The first-order valence-electron chi connectivity index (χ1n) is 6.05. The molecule has 0 aliphatic carbocycles. The van der Waals surface area contributed by atoms with Gasteiger partial charge in [0, 0.05) is 4.47 Å². The van der Waals surface area contributed by atoms with Gasteiger partial charge in [0.1, 0.15) is 11.6 Å². The van der Waals surface area contributed by atoms with E-state index in [1.165, 1.54) is 24.3 Å². The molecule has 0 aliphatic heterocycles. The van der Waals surface area contributed by atoms with Crippen molar-refractivity contribution in [3.8, 4) is 0 Å². The molecule has 0 spiro atoms. The second-order valence-electron chi connectivity index (χ2n) is 4.21. The molecule has 2 aromatic rings. The van der Waals surface area contributed by atoms with Crippen LogP contribution in [0.1, 0.15) is 24.1 Å². The Labute approximate surface area is 119 Å². The third kappa shape index (κ3) is 3.39. The lowest BCUT2D eigenvalue weighted by molar-refractivity contribution is 0.591. The van der Waals surface area contributed by atoms with E-state index in [0.717, 1.165) is 15.6 Å². The molecule has 1 N–H and O–H groups in total. The molecule has 1 nitrogen and oxygen atoms in total. The Kier molecular flexibility index (Phi) is 4.66. The Morgan fingerprint density at radius 1 is 1.11 bits per heavy atom. The molecular formula is C15H14BrF2N. The van der Waals surface area contributed by atoms with Crippen LogP contribution in [0.5, 0.6) is 0 Å². The van der Waals surface area contributed by atoms with Crippen LogP contribution >= 0.6 is 15.9 Å². The molecular weight excluding hydrogens is 312 g/mol. The van der Waals surface area contributed by atoms with Gasteiger partial charge in [-0.25, -0.2) is 8.78 Å². The highest BCUT2D eigenvalue weighted by molar-refractivity contribution is 9.10. The van der Waals surface area contributed by atoms with E-state index in [9.17, 15) is 8.78 Å². The molecule has 4 heteroatoms. The van der Waals surface area contributed by atoms with E-state index in [4.69, 9.17) is 0 Å². The number of hydrogen-bond donors (Lipinski definition) is 1. The highest BCUT2D eigenvalue weighted by atomic mass is 79.9. The minimum atomic E-state index is -0.308. The highest BCUT2D eigenvalue weighted by Crippen LogP contribution is 2.29. The van der Waals surface area contributed by atoms with Crippen LogP contribution in [0.25, 0.3) is 0 Å². The van der Waals surface area contributed by atoms with Gasteiger partial charge in [-0.05, 0) is 48.0 Å². The van der Waals surface area contributed by atoms with Crippen molar-refractivity contribution in [2.24, 2.45) is 0 Å². The first-order chi connectivity index (χ1) is 9.11. The first kappa shape index (κ1) is 14.2. The summed E-state index contributed by atoms with van der Waals surface area (Å²) >= 11 is 3.42. The van der Waals surface area contributed by atoms with E-state index in [1.807, 2.05) is 13.0 Å². The lowest BCUT2D eigenvalue weighted by Gasteiger charge is -2.20. The van der Waals surface area contributed by atoms with Crippen molar-refractivity contribution in [3.63, 3.8) is 0 Å². The Morgan fingerprint density at radius 2 is 1.84 bits per heavy atom. The van der Waals surface area contributed by atoms with Crippen molar-refractivity contribution in [2.45, 2.75) is 13.0 Å². The van der Waals surface area contributed by atoms with Crippen LogP contribution < -0.4 is 5.32 Å². The van der Waals surface area contributed by atoms with Crippen molar-refractivity contribution in [1.82, 2.24) is 5.32 Å². The zero-order chi connectivity index (χ0) is 13.8. The van der Waals surface area contributed by atoms with Gasteiger partial charge < -0.3 is 5.32 Å². The quantitative estimate of drug-likeness (QED) is 0.877. The third-order valence-corrected chi connectivity index (χ3v) is 3.58. The van der Waals surface area contributed by atoms with Crippen molar-refractivity contribution < 1.29 is 8.78 Å². The molecule has 0 fully saturated rings. The lowest BCUT2D eigenvalue weighted by atomic mass is 9.98. The molecule has 0 amide bonds. The fourth-order valence-corrected chi connectivity index (χ4v) is 2.51. The Balaban J connectivity index is 2.48. The van der Waals surface area contributed by atoms with Crippen molar-refractivity contribution >= 4 is 15.9 Å². The van der Waals surface area contributed by atoms with Crippen LogP contribution in [-0.4, -0.2) is 6.54 Å². The average molecular weight is 326 g/mol.